The lowest BCUT2D eigenvalue weighted by molar-refractivity contribution is -0.143. The van der Waals surface area contributed by atoms with Crippen LogP contribution < -0.4 is 37.6 Å². The number of aliphatic hydroxyl groups excluding tert-OH is 2. The summed E-state index contributed by atoms with van der Waals surface area (Å²) in [6.07, 6.45) is -0.974. The molecule has 0 rings (SSSR count). The minimum atomic E-state index is -1.89. The smallest absolute Gasteiger partial charge is 0.327 e. The van der Waals surface area contributed by atoms with Gasteiger partial charge in [-0.2, -0.15) is 25.3 Å². The lowest BCUT2D eigenvalue weighted by atomic mass is 10.0. The Bertz CT molecular complexity index is 1080. The van der Waals surface area contributed by atoms with Crippen molar-refractivity contribution in [2.75, 3.05) is 31.3 Å². The number of hydrogen-bond acceptors (Lipinski definition) is 13. The van der Waals surface area contributed by atoms with Crippen LogP contribution in [0.25, 0.3) is 0 Å². The molecule has 0 aliphatic carbocycles. The number of thiol groups is 2. The van der Waals surface area contributed by atoms with Crippen LogP contribution in [0.5, 0.6) is 0 Å². The van der Waals surface area contributed by atoms with Crippen molar-refractivity contribution >= 4 is 72.6 Å². The molecule has 6 atom stereocenters. The Hall–Kier alpha value is -3.66. The van der Waals surface area contributed by atoms with Gasteiger partial charge in [0.15, 0.2) is 0 Å². The summed E-state index contributed by atoms with van der Waals surface area (Å²) in [5.41, 5.74) is 5.52. The van der Waals surface area contributed by atoms with Crippen molar-refractivity contribution in [3.63, 3.8) is 0 Å². The molecule has 19 nitrogen and oxygen atoms in total. The number of carbonyl (C=O) groups excluding carboxylic acids is 6. The van der Waals surface area contributed by atoms with Gasteiger partial charge in [-0.1, -0.05) is 13.8 Å². The quantitative estimate of drug-likeness (QED) is 0.0503. The van der Waals surface area contributed by atoms with Gasteiger partial charge in [0, 0.05) is 11.5 Å². The van der Waals surface area contributed by atoms with Gasteiger partial charge in [0.1, 0.15) is 30.2 Å². The van der Waals surface area contributed by atoms with Gasteiger partial charge < -0.3 is 58.1 Å². The monoisotopic (exact) mass is 683 g/mol. The van der Waals surface area contributed by atoms with Crippen molar-refractivity contribution in [2.24, 2.45) is 11.7 Å². The van der Waals surface area contributed by atoms with Gasteiger partial charge in [-0.15, -0.1) is 0 Å². The van der Waals surface area contributed by atoms with Gasteiger partial charge >= 0.3 is 11.9 Å². The molecule has 0 aliphatic rings. The molecule has 21 heteroatoms. The largest absolute Gasteiger partial charge is 0.481 e. The molecule has 0 saturated carbocycles. The van der Waals surface area contributed by atoms with Crippen molar-refractivity contribution in [3.05, 3.63) is 0 Å². The first-order valence-electron chi connectivity index (χ1n) is 13.4. The van der Waals surface area contributed by atoms with Crippen LogP contribution in [0.2, 0.25) is 0 Å². The topological polar surface area (TPSA) is 316 Å². The zero-order valence-electron chi connectivity index (χ0n) is 24.5. The fraction of sp³-hybridized carbons (Fsp3) is 0.667. The predicted molar refractivity (Wildman–Crippen MR) is 162 cm³/mol. The maximum atomic E-state index is 13.0. The lowest BCUT2D eigenvalue weighted by Gasteiger charge is -2.25. The summed E-state index contributed by atoms with van der Waals surface area (Å²) >= 11 is 7.66. The van der Waals surface area contributed by atoms with E-state index in [0.717, 1.165) is 0 Å². The first-order valence-corrected chi connectivity index (χ1v) is 14.7. The number of carboxylic acids is 2. The second-order valence-corrected chi connectivity index (χ2v) is 10.7. The molecule has 45 heavy (non-hydrogen) atoms. The summed E-state index contributed by atoms with van der Waals surface area (Å²) < 4.78 is 0. The number of nitrogens with one attached hydrogen (secondary N) is 6. The standard InChI is InChI=1S/C24H41N7O12S2/c1-10(2)3-12(27-17(34)5-26-19(37)11(25)8-44)20(38)29-14(6-32)22(40)28-13(4-18(35)36)21(39)30-15(7-33)23(41)31-16(9-45)24(42)43/h10-16,32-33,44-45H,3-9,25H2,1-2H3,(H,26,37)(H,27,34)(H,28,40)(H,29,38)(H,30,39)(H,31,41)(H,35,36)(H,42,43)/t11-,12-,13-,14-,15-,16-/m0/s1. The average molecular weight is 684 g/mol. The molecule has 0 unspecified atom stereocenters. The highest BCUT2D eigenvalue weighted by Crippen LogP contribution is 2.06. The summed E-state index contributed by atoms with van der Waals surface area (Å²) in [5.74, 6) is -9.50. The van der Waals surface area contributed by atoms with E-state index < -0.39 is 110 Å². The average Bonchev–Trinajstić information content (AvgIpc) is 2.97. The summed E-state index contributed by atoms with van der Waals surface area (Å²) in [6, 6.07) is -9.08. The van der Waals surface area contributed by atoms with E-state index >= 15 is 0 Å². The molecular weight excluding hydrogens is 642 g/mol. The Morgan fingerprint density at radius 1 is 0.644 bits per heavy atom. The van der Waals surface area contributed by atoms with E-state index in [2.05, 4.69) is 41.2 Å². The highest BCUT2D eigenvalue weighted by molar-refractivity contribution is 7.80. The van der Waals surface area contributed by atoms with Crippen LogP contribution in [0, 0.1) is 5.92 Å². The number of rotatable bonds is 21. The summed E-state index contributed by atoms with van der Waals surface area (Å²) in [4.78, 5) is 97.6. The molecule has 0 aromatic rings. The third-order valence-electron chi connectivity index (χ3n) is 5.76. The summed E-state index contributed by atoms with van der Waals surface area (Å²) in [6.45, 7) is 0.864. The molecular formula is C24H41N7O12S2. The highest BCUT2D eigenvalue weighted by Gasteiger charge is 2.33. The fourth-order valence-corrected chi connectivity index (χ4v) is 3.79. The molecule has 0 radical (unpaired) electrons. The van der Waals surface area contributed by atoms with Crippen molar-refractivity contribution < 1.29 is 58.8 Å². The normalized spacial score (nSPS) is 14.8. The van der Waals surface area contributed by atoms with E-state index in [1.807, 2.05) is 16.0 Å². The van der Waals surface area contributed by atoms with Gasteiger partial charge in [0.05, 0.1) is 32.2 Å². The van der Waals surface area contributed by atoms with E-state index in [9.17, 15) is 53.7 Å². The minimum Gasteiger partial charge on any atom is -0.481 e. The second kappa shape index (κ2) is 21.1. The van der Waals surface area contributed by atoms with Crippen LogP contribution in [-0.2, 0) is 38.4 Å². The van der Waals surface area contributed by atoms with Crippen LogP contribution >= 0.6 is 25.3 Å². The van der Waals surface area contributed by atoms with E-state index in [1.165, 1.54) is 0 Å². The molecule has 256 valence electrons. The molecule has 0 saturated heterocycles. The summed E-state index contributed by atoms with van der Waals surface area (Å²) in [5, 5.41) is 50.5. The third-order valence-corrected chi connectivity index (χ3v) is 6.51. The third kappa shape index (κ3) is 15.8. The highest BCUT2D eigenvalue weighted by atomic mass is 32.1. The molecule has 12 N–H and O–H groups in total. The van der Waals surface area contributed by atoms with Crippen LogP contribution in [0.4, 0.5) is 0 Å². The lowest BCUT2D eigenvalue weighted by Crippen LogP contribution is -2.60. The minimum absolute atomic E-state index is 0.0202. The number of hydrogen-bond donors (Lipinski definition) is 13. The Kier molecular flexibility index (Phi) is 19.4. The van der Waals surface area contributed by atoms with Gasteiger partial charge in [0.2, 0.25) is 35.4 Å². The Labute approximate surface area is 269 Å². The number of aliphatic hydroxyl groups is 2. The van der Waals surface area contributed by atoms with Gasteiger partial charge in [-0.3, -0.25) is 33.6 Å². The molecule has 0 aromatic carbocycles. The van der Waals surface area contributed by atoms with Crippen LogP contribution in [-0.4, -0.2) is 135 Å². The van der Waals surface area contributed by atoms with Crippen molar-refractivity contribution in [1.82, 2.24) is 31.9 Å². The van der Waals surface area contributed by atoms with Gasteiger partial charge in [0.25, 0.3) is 0 Å². The maximum absolute atomic E-state index is 13.0. The molecule has 0 aliphatic heterocycles. The second-order valence-electron chi connectivity index (χ2n) is 9.99. The Morgan fingerprint density at radius 3 is 1.49 bits per heavy atom. The van der Waals surface area contributed by atoms with Gasteiger partial charge in [-0.05, 0) is 12.3 Å². The number of carboxylic acid groups (broad SMARTS) is 2. The molecule has 0 bridgehead atoms. The summed E-state index contributed by atoms with van der Waals surface area (Å²) in [7, 11) is 0. The van der Waals surface area contributed by atoms with Crippen molar-refractivity contribution in [2.45, 2.75) is 62.9 Å². The SMILES string of the molecule is CC(C)C[C@H](NC(=O)CNC(=O)[C@@H](N)CS)C(=O)N[C@@H](CO)C(=O)N[C@@H](CC(=O)O)C(=O)N[C@@H](CO)C(=O)N[C@@H](CS)C(=O)O. The van der Waals surface area contributed by atoms with Crippen LogP contribution in [0.1, 0.15) is 26.7 Å². The Morgan fingerprint density at radius 2 is 1.09 bits per heavy atom. The van der Waals surface area contributed by atoms with E-state index in [-0.39, 0.29) is 23.8 Å². The molecule has 0 fully saturated rings. The predicted octanol–water partition coefficient (Wildman–Crippen LogP) is -5.70. The fourth-order valence-electron chi connectivity index (χ4n) is 3.38. The molecule has 0 spiro atoms. The van der Waals surface area contributed by atoms with Gasteiger partial charge in [-0.25, -0.2) is 4.79 Å². The maximum Gasteiger partial charge on any atom is 0.327 e. The molecule has 0 aromatic heterocycles. The first kappa shape index (κ1) is 41.3. The van der Waals surface area contributed by atoms with Crippen molar-refractivity contribution in [1.29, 1.82) is 0 Å². The van der Waals surface area contributed by atoms with E-state index in [4.69, 9.17) is 10.8 Å². The zero-order chi connectivity index (χ0) is 34.9. The van der Waals surface area contributed by atoms with Crippen LogP contribution in [0.3, 0.4) is 0 Å². The first-order chi connectivity index (χ1) is 21.0. The van der Waals surface area contributed by atoms with Crippen molar-refractivity contribution in [3.8, 4) is 0 Å². The van der Waals surface area contributed by atoms with Crippen LogP contribution in [0.15, 0.2) is 0 Å². The van der Waals surface area contributed by atoms with E-state index in [0.29, 0.717) is 0 Å². The number of nitrogens with two attached hydrogens (primary N) is 1. The number of aliphatic carboxylic acids is 2. The van der Waals surface area contributed by atoms with E-state index in [1.54, 1.807) is 13.8 Å². The molecule has 6 amide bonds. The number of amides is 6. The molecule has 0 heterocycles. The number of carbonyl (C=O) groups is 8. The zero-order valence-corrected chi connectivity index (χ0v) is 26.3. The Balaban J connectivity index is 5.62.